The van der Waals surface area contributed by atoms with Crippen molar-refractivity contribution >= 4 is 0 Å². The Morgan fingerprint density at radius 1 is 1.00 bits per heavy atom. The molecule has 1 aliphatic heterocycles. The molecule has 3 heterocycles. The molecule has 0 aliphatic carbocycles. The molecule has 1 atom stereocenters. The van der Waals surface area contributed by atoms with E-state index in [1.807, 2.05) is 35.0 Å². The normalized spacial score (nSPS) is 15.4. The molecule has 184 valence electrons. The molecule has 0 spiro atoms. The van der Waals surface area contributed by atoms with Gasteiger partial charge >= 0.3 is 0 Å². The van der Waals surface area contributed by atoms with E-state index in [0.29, 0.717) is 18.3 Å². The average molecular weight is 483 g/mol. The topological polar surface area (TPSA) is 87.6 Å². The van der Waals surface area contributed by atoms with Gasteiger partial charge in [-0.3, -0.25) is 4.90 Å². The van der Waals surface area contributed by atoms with E-state index in [9.17, 15) is 10.2 Å². The van der Waals surface area contributed by atoms with Crippen molar-refractivity contribution in [3.63, 3.8) is 0 Å². The lowest BCUT2D eigenvalue weighted by Gasteiger charge is -2.29. The van der Waals surface area contributed by atoms with E-state index in [2.05, 4.69) is 51.0 Å². The van der Waals surface area contributed by atoms with E-state index in [1.165, 1.54) is 5.56 Å². The Morgan fingerprint density at radius 3 is 2.33 bits per heavy atom. The summed E-state index contributed by atoms with van der Waals surface area (Å²) in [4.78, 5) is 11.2. The highest BCUT2D eigenvalue weighted by atomic mass is 16.3. The predicted molar refractivity (Wildman–Crippen MR) is 137 cm³/mol. The fraction of sp³-hybridized carbons (Fsp3) is 0.310. The third-order valence-electron chi connectivity index (χ3n) is 6.41. The highest BCUT2D eigenvalue weighted by molar-refractivity contribution is 5.56. The maximum atomic E-state index is 9.83. The number of aliphatic hydroxyl groups is 2. The molecule has 0 saturated carbocycles. The second kappa shape index (κ2) is 10.9. The van der Waals surface area contributed by atoms with E-state index in [0.717, 1.165) is 54.9 Å². The van der Waals surface area contributed by atoms with Gasteiger partial charge in [0.15, 0.2) is 0 Å². The van der Waals surface area contributed by atoms with Gasteiger partial charge in [-0.05, 0) is 61.7 Å². The van der Waals surface area contributed by atoms with Gasteiger partial charge in [0, 0.05) is 48.7 Å². The highest BCUT2D eigenvalue weighted by Crippen LogP contribution is 2.21. The summed E-state index contributed by atoms with van der Waals surface area (Å²) in [5.41, 5.74) is 4.80. The number of rotatable bonds is 6. The summed E-state index contributed by atoms with van der Waals surface area (Å²) in [5.74, 6) is 7.60. The van der Waals surface area contributed by atoms with Crippen LogP contribution in [0.3, 0.4) is 0 Å². The number of oxazole rings is 1. The van der Waals surface area contributed by atoms with Crippen molar-refractivity contribution < 1.29 is 14.6 Å². The third-order valence-corrected chi connectivity index (χ3v) is 6.41. The largest absolute Gasteiger partial charge is 0.444 e. The van der Waals surface area contributed by atoms with Crippen molar-refractivity contribution in [1.82, 2.24) is 19.4 Å². The molecule has 2 aromatic heterocycles. The summed E-state index contributed by atoms with van der Waals surface area (Å²) >= 11 is 0. The van der Waals surface area contributed by atoms with E-state index < -0.39 is 6.10 Å². The zero-order chi connectivity index (χ0) is 24.9. The van der Waals surface area contributed by atoms with Gasteiger partial charge in [-0.1, -0.05) is 24.0 Å². The number of aliphatic hydroxyl groups excluding tert-OH is 2. The van der Waals surface area contributed by atoms with Crippen LogP contribution in [-0.2, 0) is 13.1 Å². The minimum Gasteiger partial charge on any atom is -0.444 e. The summed E-state index contributed by atoms with van der Waals surface area (Å²) in [6.45, 7) is 4.97. The lowest BCUT2D eigenvalue weighted by atomic mass is 10.1. The smallest absolute Gasteiger partial charge is 0.226 e. The monoisotopic (exact) mass is 482 g/mol. The molecular weight excluding hydrogens is 452 g/mol. The number of benzene rings is 2. The van der Waals surface area contributed by atoms with Crippen LogP contribution in [-0.4, -0.2) is 48.8 Å². The maximum absolute atomic E-state index is 9.83. The van der Waals surface area contributed by atoms with Crippen LogP contribution in [0.15, 0.2) is 71.6 Å². The van der Waals surface area contributed by atoms with E-state index >= 15 is 0 Å². The first-order valence-electron chi connectivity index (χ1n) is 12.3. The maximum Gasteiger partial charge on any atom is 0.226 e. The van der Waals surface area contributed by atoms with Crippen molar-refractivity contribution in [3.8, 4) is 23.3 Å². The van der Waals surface area contributed by atoms with E-state index in [-0.39, 0.29) is 6.10 Å². The number of nitrogens with zero attached hydrogens (tertiary/aromatic N) is 4. The quantitative estimate of drug-likeness (QED) is 0.404. The number of piperidine rings is 1. The molecule has 1 fully saturated rings. The SMILES string of the molecule is CC(O)c1nccn1Cc1coc(-c2ccc(C#Cc3ccc(CN4CCC(O)CC4)cc3)cc2)n1. The predicted octanol–water partition coefficient (Wildman–Crippen LogP) is 4.00. The molecule has 0 amide bonds. The van der Waals surface area contributed by atoms with Crippen LogP contribution in [0, 0.1) is 11.8 Å². The van der Waals surface area contributed by atoms with Crippen LogP contribution in [0.1, 0.15) is 54.1 Å². The number of aromatic nitrogens is 3. The Balaban J connectivity index is 1.19. The molecule has 1 saturated heterocycles. The van der Waals surface area contributed by atoms with Crippen LogP contribution < -0.4 is 0 Å². The molecule has 2 N–H and O–H groups in total. The Hall–Kier alpha value is -3.70. The standard InChI is InChI=1S/C29H30N4O3/c1-21(34)28-30-14-17-33(28)19-26-20-36-29(31-26)25-10-8-23(9-11-25)3-2-22-4-6-24(7-5-22)18-32-15-12-27(35)13-16-32/h4-11,14,17,20-21,27,34-35H,12-13,15-16,18-19H2,1H3. The van der Waals surface area contributed by atoms with Crippen LogP contribution in [0.25, 0.3) is 11.5 Å². The van der Waals surface area contributed by atoms with Gasteiger partial charge in [0.25, 0.3) is 0 Å². The number of likely N-dealkylation sites (tertiary alicyclic amines) is 1. The molecule has 2 aromatic carbocycles. The van der Waals surface area contributed by atoms with Gasteiger partial charge in [0.1, 0.15) is 18.2 Å². The van der Waals surface area contributed by atoms with Gasteiger partial charge in [-0.25, -0.2) is 9.97 Å². The Morgan fingerprint density at radius 2 is 1.67 bits per heavy atom. The van der Waals surface area contributed by atoms with E-state index in [4.69, 9.17) is 4.42 Å². The molecule has 5 rings (SSSR count). The van der Waals surface area contributed by atoms with Crippen molar-refractivity contribution in [1.29, 1.82) is 0 Å². The van der Waals surface area contributed by atoms with Crippen molar-refractivity contribution in [2.45, 2.75) is 45.1 Å². The van der Waals surface area contributed by atoms with Gasteiger partial charge in [0.2, 0.25) is 5.89 Å². The summed E-state index contributed by atoms with van der Waals surface area (Å²) in [5, 5.41) is 19.5. The minimum absolute atomic E-state index is 0.140. The van der Waals surface area contributed by atoms with Crippen molar-refractivity contribution in [2.24, 2.45) is 0 Å². The Labute approximate surface area is 211 Å². The fourth-order valence-electron chi connectivity index (χ4n) is 4.38. The van der Waals surface area contributed by atoms with E-state index in [1.54, 1.807) is 19.4 Å². The molecular formula is C29H30N4O3. The molecule has 0 bridgehead atoms. The number of hydrogen-bond donors (Lipinski definition) is 2. The third kappa shape index (κ3) is 5.92. The molecule has 4 aromatic rings. The lowest BCUT2D eigenvalue weighted by Crippen LogP contribution is -2.35. The second-order valence-electron chi connectivity index (χ2n) is 9.26. The fourth-order valence-corrected chi connectivity index (χ4v) is 4.38. The van der Waals surface area contributed by atoms with Gasteiger partial charge in [-0.15, -0.1) is 0 Å². The van der Waals surface area contributed by atoms with Gasteiger partial charge in [-0.2, -0.15) is 0 Å². The number of imidazole rings is 1. The summed E-state index contributed by atoms with van der Waals surface area (Å²) < 4.78 is 7.54. The van der Waals surface area contributed by atoms with Gasteiger partial charge < -0.3 is 19.2 Å². The number of hydrogen-bond acceptors (Lipinski definition) is 6. The zero-order valence-corrected chi connectivity index (χ0v) is 20.3. The van der Waals surface area contributed by atoms with Gasteiger partial charge in [0.05, 0.1) is 18.3 Å². The molecule has 1 unspecified atom stereocenters. The molecule has 36 heavy (non-hydrogen) atoms. The van der Waals surface area contributed by atoms with Crippen LogP contribution in [0.5, 0.6) is 0 Å². The first-order valence-corrected chi connectivity index (χ1v) is 12.3. The highest BCUT2D eigenvalue weighted by Gasteiger charge is 2.16. The first kappa shape index (κ1) is 24.0. The second-order valence-corrected chi connectivity index (χ2v) is 9.26. The first-order chi connectivity index (χ1) is 17.5. The molecule has 1 aliphatic rings. The molecule has 7 nitrogen and oxygen atoms in total. The molecule has 7 heteroatoms. The molecule has 0 radical (unpaired) electrons. The van der Waals surface area contributed by atoms with Crippen molar-refractivity contribution in [3.05, 3.63) is 95.4 Å². The average Bonchev–Trinajstić information content (AvgIpc) is 3.56. The summed E-state index contributed by atoms with van der Waals surface area (Å²) in [6.07, 6.45) is 6.04. The van der Waals surface area contributed by atoms with Crippen LogP contribution >= 0.6 is 0 Å². The van der Waals surface area contributed by atoms with Crippen LogP contribution in [0.2, 0.25) is 0 Å². The Kier molecular flexibility index (Phi) is 7.28. The van der Waals surface area contributed by atoms with Crippen LogP contribution in [0.4, 0.5) is 0 Å². The summed E-state index contributed by atoms with van der Waals surface area (Å²) in [6, 6.07) is 16.2. The summed E-state index contributed by atoms with van der Waals surface area (Å²) in [7, 11) is 0. The van der Waals surface area contributed by atoms with Crippen molar-refractivity contribution in [2.75, 3.05) is 13.1 Å². The Bertz CT molecular complexity index is 1340. The lowest BCUT2D eigenvalue weighted by molar-refractivity contribution is 0.0792. The minimum atomic E-state index is -0.645. The zero-order valence-electron chi connectivity index (χ0n) is 20.3.